The molecule has 2 heterocycles. The average Bonchev–Trinajstić information content (AvgIpc) is 3.14. The van der Waals surface area contributed by atoms with E-state index in [0.29, 0.717) is 18.0 Å². The number of imide groups is 1. The van der Waals surface area contributed by atoms with E-state index < -0.39 is 0 Å². The lowest BCUT2D eigenvalue weighted by molar-refractivity contribution is -0.122. The molecule has 0 saturated carbocycles. The summed E-state index contributed by atoms with van der Waals surface area (Å²) in [6, 6.07) is 14.3. The van der Waals surface area contributed by atoms with E-state index in [-0.39, 0.29) is 17.0 Å². The topological polar surface area (TPSA) is 42.3 Å². The molecule has 27 heavy (non-hydrogen) atoms. The number of thioether (sulfide) groups is 1. The number of benzene rings is 2. The standard InChI is InChI=1S/C21H17FN2O2S/c1-2-24-20(25)19(27-21(24)26)11-15-13-23(18-6-4-3-5-17(15)18)12-14-7-9-16(22)10-8-14/h3-11,13H,2,12H2,1H3/b19-11-. The molecule has 4 nitrogen and oxygen atoms in total. The molecular weight excluding hydrogens is 363 g/mol. The van der Waals surface area contributed by atoms with Gasteiger partial charge in [0.05, 0.1) is 4.91 Å². The number of hydrogen-bond donors (Lipinski definition) is 0. The Labute approximate surface area is 160 Å². The van der Waals surface area contributed by atoms with Crippen LogP contribution in [-0.2, 0) is 11.3 Å². The Bertz CT molecular complexity index is 1070. The van der Waals surface area contributed by atoms with Gasteiger partial charge in [0, 0.05) is 35.8 Å². The summed E-state index contributed by atoms with van der Waals surface area (Å²) in [5, 5.41) is 0.770. The molecule has 2 amide bonds. The summed E-state index contributed by atoms with van der Waals surface area (Å²) in [5.74, 6) is -0.508. The summed E-state index contributed by atoms with van der Waals surface area (Å²) in [6.45, 7) is 2.74. The molecule has 0 spiro atoms. The Balaban J connectivity index is 1.74. The molecule has 1 fully saturated rings. The fourth-order valence-corrected chi connectivity index (χ4v) is 4.12. The van der Waals surface area contributed by atoms with Gasteiger partial charge in [0.15, 0.2) is 0 Å². The van der Waals surface area contributed by atoms with Gasteiger partial charge < -0.3 is 4.57 Å². The maximum atomic E-state index is 13.2. The van der Waals surface area contributed by atoms with Crippen LogP contribution in [0.2, 0.25) is 0 Å². The zero-order chi connectivity index (χ0) is 19.0. The summed E-state index contributed by atoms with van der Waals surface area (Å²) < 4.78 is 15.2. The van der Waals surface area contributed by atoms with Crippen LogP contribution in [0.15, 0.2) is 59.6 Å². The van der Waals surface area contributed by atoms with E-state index in [1.807, 2.05) is 30.5 Å². The number of rotatable bonds is 4. The minimum atomic E-state index is -0.261. The van der Waals surface area contributed by atoms with Crippen molar-refractivity contribution in [1.29, 1.82) is 0 Å². The third-order valence-corrected chi connectivity index (χ3v) is 5.47. The number of nitrogens with zero attached hydrogens (tertiary/aromatic N) is 2. The van der Waals surface area contributed by atoms with E-state index in [1.54, 1.807) is 25.1 Å². The van der Waals surface area contributed by atoms with Crippen LogP contribution in [0.5, 0.6) is 0 Å². The van der Waals surface area contributed by atoms with Crippen molar-refractivity contribution in [3.8, 4) is 0 Å². The average molecular weight is 380 g/mol. The SMILES string of the molecule is CCN1C(=O)S/C(=C\c2cn(Cc3ccc(F)cc3)c3ccccc23)C1=O. The lowest BCUT2D eigenvalue weighted by atomic mass is 10.1. The van der Waals surface area contributed by atoms with Gasteiger partial charge >= 0.3 is 0 Å². The largest absolute Gasteiger partial charge is 0.342 e. The quantitative estimate of drug-likeness (QED) is 0.606. The number of fused-ring (bicyclic) bond motifs is 1. The first-order valence-corrected chi connectivity index (χ1v) is 9.46. The minimum Gasteiger partial charge on any atom is -0.342 e. The van der Waals surface area contributed by atoms with Gasteiger partial charge in [0.2, 0.25) is 0 Å². The Morgan fingerprint density at radius 2 is 1.81 bits per heavy atom. The highest BCUT2D eigenvalue weighted by atomic mass is 32.2. The highest BCUT2D eigenvalue weighted by Crippen LogP contribution is 2.34. The fourth-order valence-electron chi connectivity index (χ4n) is 3.22. The summed E-state index contributed by atoms with van der Waals surface area (Å²) >= 11 is 0.972. The van der Waals surface area contributed by atoms with E-state index in [4.69, 9.17) is 0 Å². The Kier molecular flexibility index (Phi) is 4.58. The summed E-state index contributed by atoms with van der Waals surface area (Å²) in [5.41, 5.74) is 2.88. The number of carbonyl (C=O) groups excluding carboxylic acids is 2. The number of carbonyl (C=O) groups is 2. The zero-order valence-electron chi connectivity index (χ0n) is 14.7. The molecule has 0 unspecified atom stereocenters. The predicted octanol–water partition coefficient (Wildman–Crippen LogP) is 4.88. The third-order valence-electron chi connectivity index (χ3n) is 4.56. The number of hydrogen-bond acceptors (Lipinski definition) is 3. The number of aromatic nitrogens is 1. The molecular formula is C21H17FN2O2S. The van der Waals surface area contributed by atoms with E-state index >= 15 is 0 Å². The van der Waals surface area contributed by atoms with Crippen molar-refractivity contribution in [1.82, 2.24) is 9.47 Å². The lowest BCUT2D eigenvalue weighted by Gasteiger charge is -2.06. The molecule has 1 aliphatic heterocycles. The van der Waals surface area contributed by atoms with Crippen LogP contribution in [0, 0.1) is 5.82 Å². The molecule has 0 N–H and O–H groups in total. The van der Waals surface area contributed by atoms with Crippen LogP contribution in [0.1, 0.15) is 18.1 Å². The Hall–Kier alpha value is -2.86. The molecule has 3 aromatic rings. The normalized spacial score (nSPS) is 16.1. The summed E-state index contributed by atoms with van der Waals surface area (Å²) in [6.07, 6.45) is 3.75. The second-order valence-corrected chi connectivity index (χ2v) is 7.28. The zero-order valence-corrected chi connectivity index (χ0v) is 15.5. The van der Waals surface area contributed by atoms with Crippen LogP contribution < -0.4 is 0 Å². The van der Waals surface area contributed by atoms with Crippen molar-refractivity contribution in [3.63, 3.8) is 0 Å². The van der Waals surface area contributed by atoms with Crippen molar-refractivity contribution >= 4 is 39.9 Å². The van der Waals surface area contributed by atoms with E-state index in [1.165, 1.54) is 17.0 Å². The molecule has 0 atom stereocenters. The molecule has 1 saturated heterocycles. The van der Waals surface area contributed by atoms with Crippen molar-refractivity contribution < 1.29 is 14.0 Å². The molecule has 0 bridgehead atoms. The van der Waals surface area contributed by atoms with Gasteiger partial charge in [-0.05, 0) is 48.5 Å². The highest BCUT2D eigenvalue weighted by molar-refractivity contribution is 8.18. The molecule has 1 aliphatic rings. The van der Waals surface area contributed by atoms with Gasteiger partial charge in [0.1, 0.15) is 5.82 Å². The first kappa shape index (κ1) is 17.5. The van der Waals surface area contributed by atoms with Gasteiger partial charge in [-0.15, -0.1) is 0 Å². The third kappa shape index (κ3) is 3.28. The van der Waals surface area contributed by atoms with Crippen molar-refractivity contribution in [2.75, 3.05) is 6.54 Å². The summed E-state index contributed by atoms with van der Waals surface area (Å²) in [4.78, 5) is 26.0. The molecule has 6 heteroatoms. The molecule has 0 radical (unpaired) electrons. The van der Waals surface area contributed by atoms with E-state index in [9.17, 15) is 14.0 Å². The highest BCUT2D eigenvalue weighted by Gasteiger charge is 2.33. The smallest absolute Gasteiger partial charge is 0.293 e. The van der Waals surface area contributed by atoms with Gasteiger partial charge in [-0.2, -0.15) is 0 Å². The van der Waals surface area contributed by atoms with Gasteiger partial charge in [-0.25, -0.2) is 4.39 Å². The van der Waals surface area contributed by atoms with Crippen LogP contribution in [0.25, 0.3) is 17.0 Å². The number of para-hydroxylation sites is 1. The van der Waals surface area contributed by atoms with E-state index in [2.05, 4.69) is 4.57 Å². The van der Waals surface area contributed by atoms with Crippen LogP contribution in [0.4, 0.5) is 9.18 Å². The predicted molar refractivity (Wildman–Crippen MR) is 106 cm³/mol. The molecule has 1 aromatic heterocycles. The number of likely N-dealkylation sites (N-methyl/N-ethyl adjacent to an activating group) is 1. The molecule has 0 aliphatic carbocycles. The second-order valence-electron chi connectivity index (χ2n) is 6.28. The summed E-state index contributed by atoms with van der Waals surface area (Å²) in [7, 11) is 0. The van der Waals surface area contributed by atoms with Crippen LogP contribution in [0.3, 0.4) is 0 Å². The molecule has 136 valence electrons. The van der Waals surface area contributed by atoms with Gasteiger partial charge in [-0.1, -0.05) is 30.3 Å². The van der Waals surface area contributed by atoms with Crippen LogP contribution >= 0.6 is 11.8 Å². The lowest BCUT2D eigenvalue weighted by Crippen LogP contribution is -2.27. The van der Waals surface area contributed by atoms with Gasteiger partial charge in [-0.3, -0.25) is 14.5 Å². The van der Waals surface area contributed by atoms with E-state index in [0.717, 1.165) is 33.8 Å². The molecule has 4 rings (SSSR count). The van der Waals surface area contributed by atoms with Gasteiger partial charge in [0.25, 0.3) is 11.1 Å². The number of halogens is 1. The van der Waals surface area contributed by atoms with Crippen molar-refractivity contribution in [2.24, 2.45) is 0 Å². The first-order chi connectivity index (χ1) is 13.1. The first-order valence-electron chi connectivity index (χ1n) is 8.64. The second kappa shape index (κ2) is 7.04. The van der Waals surface area contributed by atoms with Crippen molar-refractivity contribution in [3.05, 3.63) is 76.6 Å². The Morgan fingerprint density at radius 3 is 2.52 bits per heavy atom. The number of amides is 2. The maximum absolute atomic E-state index is 13.2. The molecule has 2 aromatic carbocycles. The van der Waals surface area contributed by atoms with Crippen LogP contribution in [-0.4, -0.2) is 27.2 Å². The fraction of sp³-hybridized carbons (Fsp3) is 0.143. The van der Waals surface area contributed by atoms with Crippen molar-refractivity contribution in [2.45, 2.75) is 13.5 Å². The Morgan fingerprint density at radius 1 is 1.07 bits per heavy atom. The monoisotopic (exact) mass is 380 g/mol. The maximum Gasteiger partial charge on any atom is 0.293 e. The minimum absolute atomic E-state index is 0.233.